The zero-order chi connectivity index (χ0) is 24.7. The predicted octanol–water partition coefficient (Wildman–Crippen LogP) is 4.84. The van der Waals surface area contributed by atoms with E-state index in [4.69, 9.17) is 16.0 Å². The lowest BCUT2D eigenvalue weighted by Gasteiger charge is -2.21. The number of hydrogen-bond acceptors (Lipinski definition) is 5. The second-order valence-corrected chi connectivity index (χ2v) is 8.59. The zero-order valence-electron chi connectivity index (χ0n) is 18.9. The number of carbonyl (C=O) groups is 1. The molecule has 0 saturated heterocycles. The number of carbonyl (C=O) groups excluding carboxylic acids is 1. The molecule has 3 aromatic rings. The van der Waals surface area contributed by atoms with Crippen LogP contribution in [-0.2, 0) is 25.8 Å². The van der Waals surface area contributed by atoms with Crippen molar-refractivity contribution in [1.29, 1.82) is 0 Å². The van der Waals surface area contributed by atoms with Gasteiger partial charge in [0.1, 0.15) is 6.26 Å². The first kappa shape index (κ1) is 25.7. The van der Waals surface area contributed by atoms with Crippen molar-refractivity contribution < 1.29 is 22.4 Å². The molecule has 2 aromatic carbocycles. The highest BCUT2D eigenvalue weighted by Crippen LogP contribution is 2.30. The van der Waals surface area contributed by atoms with E-state index < -0.39 is 11.7 Å². The lowest BCUT2D eigenvalue weighted by molar-refractivity contribution is -0.137. The Morgan fingerprint density at radius 3 is 2.44 bits per heavy atom. The summed E-state index contributed by atoms with van der Waals surface area (Å²) in [5, 5.41) is 3.36. The van der Waals surface area contributed by atoms with Gasteiger partial charge >= 0.3 is 6.18 Å². The maximum absolute atomic E-state index is 13.2. The van der Waals surface area contributed by atoms with Crippen molar-refractivity contribution in [3.05, 3.63) is 88.1 Å². The van der Waals surface area contributed by atoms with Crippen molar-refractivity contribution >= 4 is 17.5 Å². The van der Waals surface area contributed by atoms with Crippen LogP contribution in [0.1, 0.15) is 33.1 Å². The van der Waals surface area contributed by atoms with Gasteiger partial charge in [-0.15, -0.1) is 0 Å². The zero-order valence-corrected chi connectivity index (χ0v) is 19.7. The molecular formula is C24H26ClF3N4O2. The maximum atomic E-state index is 13.2. The van der Waals surface area contributed by atoms with Crippen molar-refractivity contribution in [3.63, 3.8) is 0 Å². The second kappa shape index (κ2) is 11.5. The van der Waals surface area contributed by atoms with Crippen molar-refractivity contribution in [2.45, 2.75) is 25.8 Å². The van der Waals surface area contributed by atoms with Crippen LogP contribution < -0.4 is 5.32 Å². The van der Waals surface area contributed by atoms with Gasteiger partial charge in [-0.05, 0) is 43.4 Å². The molecule has 1 amide bonds. The number of nitrogens with one attached hydrogen (secondary N) is 1. The number of oxazole rings is 1. The molecule has 0 aliphatic heterocycles. The summed E-state index contributed by atoms with van der Waals surface area (Å²) in [6.45, 7) is 1.98. The standard InChI is InChI=1S/C24H26ClF3N4O2/c1-31(2)11-10-29-23(33)21-16-34-22(30-21)15-32(13-17-6-8-20(25)9-7-17)14-18-4-3-5-19(12-18)24(26,27)28/h3-9,12,16H,10-11,13-15H2,1-2H3,(H,29,33). The van der Waals surface area contributed by atoms with Gasteiger partial charge in [0.05, 0.1) is 12.1 Å². The number of halogens is 4. The number of alkyl halides is 3. The number of hydrogen-bond donors (Lipinski definition) is 1. The van der Waals surface area contributed by atoms with Gasteiger partial charge in [0.2, 0.25) is 5.89 Å². The average Bonchev–Trinajstić information content (AvgIpc) is 3.23. The molecule has 1 aromatic heterocycles. The lowest BCUT2D eigenvalue weighted by Crippen LogP contribution is -2.31. The van der Waals surface area contributed by atoms with E-state index in [9.17, 15) is 18.0 Å². The molecule has 0 radical (unpaired) electrons. The maximum Gasteiger partial charge on any atom is 0.416 e. The monoisotopic (exact) mass is 494 g/mol. The minimum absolute atomic E-state index is 0.152. The molecule has 182 valence electrons. The van der Waals surface area contributed by atoms with Crippen LogP contribution in [-0.4, -0.2) is 47.9 Å². The average molecular weight is 495 g/mol. The number of nitrogens with zero attached hydrogens (tertiary/aromatic N) is 3. The Labute approximate surface area is 201 Å². The molecule has 0 fully saturated rings. The number of likely N-dealkylation sites (N-methyl/N-ethyl adjacent to an activating group) is 1. The minimum Gasteiger partial charge on any atom is -0.447 e. The van der Waals surface area contributed by atoms with Gasteiger partial charge in [0.15, 0.2) is 5.69 Å². The summed E-state index contributed by atoms with van der Waals surface area (Å²) in [5.41, 5.74) is 0.866. The van der Waals surface area contributed by atoms with Crippen LogP contribution >= 0.6 is 11.6 Å². The molecule has 0 spiro atoms. The number of amides is 1. The highest BCUT2D eigenvalue weighted by atomic mass is 35.5. The summed E-state index contributed by atoms with van der Waals surface area (Å²) in [6.07, 6.45) is -3.14. The van der Waals surface area contributed by atoms with E-state index in [2.05, 4.69) is 10.3 Å². The largest absolute Gasteiger partial charge is 0.447 e. The Morgan fingerprint density at radius 2 is 1.76 bits per heavy atom. The summed E-state index contributed by atoms with van der Waals surface area (Å²) in [7, 11) is 3.81. The molecule has 1 heterocycles. The van der Waals surface area contributed by atoms with Crippen LogP contribution in [0, 0.1) is 0 Å². The third-order valence-corrected chi connectivity index (χ3v) is 5.22. The Morgan fingerprint density at radius 1 is 1.06 bits per heavy atom. The summed E-state index contributed by atoms with van der Waals surface area (Å²) in [5.74, 6) is -0.0577. The Hall–Kier alpha value is -2.88. The van der Waals surface area contributed by atoms with Crippen molar-refractivity contribution in [2.75, 3.05) is 27.2 Å². The Kier molecular flexibility index (Phi) is 8.71. The van der Waals surface area contributed by atoms with Gasteiger partial charge in [-0.3, -0.25) is 9.69 Å². The van der Waals surface area contributed by atoms with Crippen LogP contribution in [0.4, 0.5) is 13.2 Å². The topological polar surface area (TPSA) is 61.6 Å². The first-order chi connectivity index (χ1) is 16.1. The number of rotatable bonds is 10. The van der Waals surface area contributed by atoms with E-state index in [-0.39, 0.29) is 24.7 Å². The van der Waals surface area contributed by atoms with Crippen LogP contribution in [0.3, 0.4) is 0 Å². The number of benzene rings is 2. The van der Waals surface area contributed by atoms with Gasteiger partial charge in [0, 0.05) is 31.2 Å². The van der Waals surface area contributed by atoms with Crippen molar-refractivity contribution in [1.82, 2.24) is 20.1 Å². The van der Waals surface area contributed by atoms with Gasteiger partial charge in [0.25, 0.3) is 5.91 Å². The molecule has 0 unspecified atom stereocenters. The summed E-state index contributed by atoms with van der Waals surface area (Å²) >= 11 is 5.97. The van der Waals surface area contributed by atoms with E-state index >= 15 is 0 Å². The first-order valence-electron chi connectivity index (χ1n) is 10.6. The molecule has 1 N–H and O–H groups in total. The van der Waals surface area contributed by atoms with Gasteiger partial charge in [-0.25, -0.2) is 4.98 Å². The molecule has 0 aliphatic carbocycles. The molecule has 10 heteroatoms. The SMILES string of the molecule is CN(C)CCNC(=O)c1coc(CN(Cc2ccc(Cl)cc2)Cc2cccc(C(F)(F)F)c2)n1. The van der Waals surface area contributed by atoms with Gasteiger partial charge in [-0.2, -0.15) is 13.2 Å². The summed E-state index contributed by atoms with van der Waals surface area (Å²) in [6, 6.07) is 12.4. The highest BCUT2D eigenvalue weighted by Gasteiger charge is 2.30. The van der Waals surface area contributed by atoms with Crippen LogP contribution in [0.25, 0.3) is 0 Å². The molecule has 34 heavy (non-hydrogen) atoms. The number of aromatic nitrogens is 1. The van der Waals surface area contributed by atoms with E-state index in [0.717, 1.165) is 17.7 Å². The van der Waals surface area contributed by atoms with Gasteiger partial charge < -0.3 is 14.6 Å². The molecule has 0 bridgehead atoms. The molecule has 0 atom stereocenters. The highest BCUT2D eigenvalue weighted by molar-refractivity contribution is 6.30. The third-order valence-electron chi connectivity index (χ3n) is 4.97. The fourth-order valence-electron chi connectivity index (χ4n) is 3.28. The fraction of sp³-hybridized carbons (Fsp3) is 0.333. The lowest BCUT2D eigenvalue weighted by atomic mass is 10.1. The van der Waals surface area contributed by atoms with Gasteiger partial charge in [-0.1, -0.05) is 41.9 Å². The van der Waals surface area contributed by atoms with E-state index in [1.54, 1.807) is 18.2 Å². The minimum atomic E-state index is -4.42. The van der Waals surface area contributed by atoms with Crippen molar-refractivity contribution in [2.24, 2.45) is 0 Å². The van der Waals surface area contributed by atoms with Crippen LogP contribution in [0.5, 0.6) is 0 Å². The molecule has 0 aliphatic rings. The van der Waals surface area contributed by atoms with E-state index in [1.807, 2.05) is 36.0 Å². The third kappa shape index (κ3) is 7.86. The molecule has 6 nitrogen and oxygen atoms in total. The Bertz CT molecular complexity index is 1080. The molecular weight excluding hydrogens is 469 g/mol. The van der Waals surface area contributed by atoms with E-state index in [0.29, 0.717) is 36.1 Å². The molecule has 3 rings (SSSR count). The summed E-state index contributed by atoms with van der Waals surface area (Å²) < 4.78 is 45.0. The second-order valence-electron chi connectivity index (χ2n) is 8.16. The normalized spacial score (nSPS) is 11.9. The predicted molar refractivity (Wildman–Crippen MR) is 123 cm³/mol. The quantitative estimate of drug-likeness (QED) is 0.437. The van der Waals surface area contributed by atoms with Crippen LogP contribution in [0.15, 0.2) is 59.2 Å². The smallest absolute Gasteiger partial charge is 0.416 e. The molecule has 0 saturated carbocycles. The first-order valence-corrected chi connectivity index (χ1v) is 11.0. The van der Waals surface area contributed by atoms with Crippen LogP contribution in [0.2, 0.25) is 5.02 Å². The van der Waals surface area contributed by atoms with E-state index in [1.165, 1.54) is 12.3 Å². The van der Waals surface area contributed by atoms with Crippen molar-refractivity contribution in [3.8, 4) is 0 Å². The fourth-order valence-corrected chi connectivity index (χ4v) is 3.41. The Balaban J connectivity index is 1.75. The summed E-state index contributed by atoms with van der Waals surface area (Å²) in [4.78, 5) is 20.4.